The van der Waals surface area contributed by atoms with Gasteiger partial charge in [0.15, 0.2) is 0 Å². The molecule has 2 aromatic carbocycles. The number of carbonyl (C=O) groups excluding carboxylic acids is 2. The Bertz CT molecular complexity index is 1650. The number of rotatable bonds is 25. The van der Waals surface area contributed by atoms with E-state index in [1.165, 1.54) is 12.1 Å². The van der Waals surface area contributed by atoms with Gasteiger partial charge in [-0.05, 0) is 25.0 Å². The first-order valence-corrected chi connectivity index (χ1v) is 17.7. The number of terminal acetylenes is 1. The number of nitrogens with one attached hydrogen (secondary N) is 4. The topological polar surface area (TPSA) is 272 Å². The molecule has 1 aliphatic rings. The Morgan fingerprint density at radius 2 is 1.65 bits per heavy atom. The Labute approximate surface area is 315 Å². The normalized spacial score (nSPS) is 20.8. The molecule has 18 nitrogen and oxygen atoms in total. The molecule has 0 aliphatic carbocycles. The summed E-state index contributed by atoms with van der Waals surface area (Å²) < 4.78 is 21.8. The van der Waals surface area contributed by atoms with Gasteiger partial charge in [-0.25, -0.2) is 4.79 Å². The summed E-state index contributed by atoms with van der Waals surface area (Å²) in [5.74, 6) is -3.45. The van der Waals surface area contributed by atoms with Crippen LogP contribution in [0, 0.1) is 12.3 Å². The minimum atomic E-state index is -2.50. The highest BCUT2D eigenvalue weighted by Crippen LogP contribution is 2.34. The maximum absolute atomic E-state index is 12.6. The molecule has 1 fully saturated rings. The smallest absolute Gasteiger partial charge is 0.364 e. The second kappa shape index (κ2) is 22.3. The molecule has 1 heterocycles. The van der Waals surface area contributed by atoms with Gasteiger partial charge in [0.1, 0.15) is 36.8 Å². The van der Waals surface area contributed by atoms with Crippen molar-refractivity contribution in [2.75, 3.05) is 69.9 Å². The molecule has 1 aliphatic heterocycles. The number of carboxylic acid groups (broad SMARTS) is 1. The van der Waals surface area contributed by atoms with Crippen molar-refractivity contribution < 1.29 is 58.9 Å². The highest BCUT2D eigenvalue weighted by atomic mass is 35.5. The molecule has 3 rings (SSSR count). The van der Waals surface area contributed by atoms with Gasteiger partial charge in [-0.1, -0.05) is 42.5 Å². The van der Waals surface area contributed by atoms with Gasteiger partial charge < -0.3 is 65.7 Å². The van der Waals surface area contributed by atoms with E-state index < -0.39 is 84.5 Å². The van der Waals surface area contributed by atoms with Crippen LogP contribution in [0.4, 0.5) is 11.4 Å². The van der Waals surface area contributed by atoms with Crippen molar-refractivity contribution in [2.24, 2.45) is 0 Å². The first kappa shape index (κ1) is 44.2. The zero-order valence-electron chi connectivity index (χ0n) is 29.5. The minimum absolute atomic E-state index is 0.0924. The van der Waals surface area contributed by atoms with Crippen molar-refractivity contribution in [2.45, 2.75) is 68.3 Å². The van der Waals surface area contributed by atoms with Gasteiger partial charge in [-0.15, -0.1) is 6.42 Å². The average Bonchev–Trinajstić information content (AvgIpc) is 3.16. The molecule has 0 spiro atoms. The molecule has 0 bridgehead atoms. The summed E-state index contributed by atoms with van der Waals surface area (Å²) in [6.07, 6.45) is -0.729. The van der Waals surface area contributed by atoms with Crippen molar-refractivity contribution in [3.63, 3.8) is 0 Å². The molecule has 6 atom stereocenters. The molecule has 9 N–H and O–H groups in total. The molecule has 2 amide bonds. The summed E-state index contributed by atoms with van der Waals surface area (Å²) in [4.78, 5) is 61.1. The van der Waals surface area contributed by atoms with Crippen LogP contribution in [0.1, 0.15) is 42.5 Å². The summed E-state index contributed by atoms with van der Waals surface area (Å²) in [5.41, 5.74) is -0.782. The molecule has 2 aromatic rings. The molecule has 1 saturated heterocycles. The lowest BCUT2D eigenvalue weighted by molar-refractivity contribution is -0.310. The van der Waals surface area contributed by atoms with E-state index >= 15 is 0 Å². The van der Waals surface area contributed by atoms with Gasteiger partial charge in [0.2, 0.25) is 5.91 Å². The zero-order chi connectivity index (χ0) is 39.7. The third-order valence-electron chi connectivity index (χ3n) is 8.42. The first-order chi connectivity index (χ1) is 25.9. The zero-order valence-corrected chi connectivity index (χ0v) is 30.2. The summed E-state index contributed by atoms with van der Waals surface area (Å²) in [5, 5.41) is 62.8. The summed E-state index contributed by atoms with van der Waals surface area (Å²) >= 11 is 6.04. The Hall–Kier alpha value is -4.16. The Morgan fingerprint density at radius 3 is 2.31 bits per heavy atom. The number of ether oxygens (including phenoxy) is 4. The van der Waals surface area contributed by atoms with Crippen molar-refractivity contribution >= 4 is 40.8 Å². The fourth-order valence-electron chi connectivity index (χ4n) is 5.58. The highest BCUT2D eigenvalue weighted by molar-refractivity contribution is 6.33. The number of aliphatic carboxylic acids is 1. The molecule has 54 heavy (non-hydrogen) atoms. The van der Waals surface area contributed by atoms with E-state index in [0.29, 0.717) is 52.0 Å². The van der Waals surface area contributed by atoms with Crippen molar-refractivity contribution in [3.8, 4) is 12.3 Å². The number of aliphatic hydroxyl groups excluding tert-OH is 4. The number of aliphatic hydroxyl groups is 4. The van der Waals surface area contributed by atoms with Crippen molar-refractivity contribution in [1.29, 1.82) is 0 Å². The van der Waals surface area contributed by atoms with Crippen LogP contribution in [0.25, 0.3) is 0 Å². The first-order valence-electron chi connectivity index (χ1n) is 17.3. The Morgan fingerprint density at radius 1 is 0.981 bits per heavy atom. The number of unbranched alkanes of at least 4 members (excludes halogenated alkanes) is 3. The largest absolute Gasteiger partial charge is 0.477 e. The fraction of sp³-hybridized carbons (Fsp3) is 0.571. The average molecular weight is 783 g/mol. The maximum atomic E-state index is 12.6. The number of hydrogen-bond acceptors (Lipinski definition) is 15. The second-order valence-electron chi connectivity index (χ2n) is 12.3. The van der Waals surface area contributed by atoms with Crippen LogP contribution in [-0.2, 0) is 28.5 Å². The standard InChI is InChI=1S/C35H47ClN4O14/c1-2-13-51-16-17-52-15-12-38-28-27(30(46)31(28)47)37-11-7-3-4-8-14-53-35(34(49)50)18-23(42)26(40-25(44)20-41)32(54-35)29(45)24(43)19-39-33(48)21-9-5-6-10-22(21)36/h1,5-6,9-10,23-24,26,29,32,37-38,41-43,45H,3-4,7-8,11-20H2,(H,39,48)(H,40,44)(H,49,50)/t23-,24+,26+,29+,32+,35+/m0/s1. The van der Waals surface area contributed by atoms with Crippen molar-refractivity contribution in [3.05, 3.63) is 55.3 Å². The number of benzene rings is 1. The fourth-order valence-corrected chi connectivity index (χ4v) is 5.81. The number of halogens is 1. The number of carboxylic acids is 1. The molecule has 0 radical (unpaired) electrons. The van der Waals surface area contributed by atoms with E-state index in [-0.39, 0.29) is 41.8 Å². The number of amides is 2. The molecule has 19 heteroatoms. The van der Waals surface area contributed by atoms with E-state index in [9.17, 15) is 49.5 Å². The number of carbonyl (C=O) groups is 3. The van der Waals surface area contributed by atoms with E-state index in [2.05, 4.69) is 27.2 Å². The van der Waals surface area contributed by atoms with E-state index in [0.717, 1.165) is 0 Å². The lowest BCUT2D eigenvalue weighted by Crippen LogP contribution is -2.68. The SMILES string of the molecule is C#CCOCCOCCNc1c(NCCCCCCO[C@]2(C(=O)O)C[C@H](O)[C@@H](NC(=O)CO)[C@H]([C@H](O)[C@H](O)CNC(=O)c3ccccc3Cl)O2)c(=O)c1=O. The Kier molecular flexibility index (Phi) is 18.2. The lowest BCUT2D eigenvalue weighted by Gasteiger charge is -2.46. The Balaban J connectivity index is 1.49. The van der Waals surface area contributed by atoms with Gasteiger partial charge in [0.05, 0.1) is 55.3 Å². The molecular formula is C35H47ClN4O14. The third-order valence-corrected chi connectivity index (χ3v) is 8.74. The van der Waals surface area contributed by atoms with Crippen LogP contribution < -0.4 is 32.1 Å². The predicted octanol–water partition coefficient (Wildman–Crippen LogP) is -1.44. The number of hydrogen-bond donors (Lipinski definition) is 9. The van der Waals surface area contributed by atoms with Gasteiger partial charge in [-0.3, -0.25) is 19.2 Å². The lowest BCUT2D eigenvalue weighted by atomic mass is 9.88. The predicted molar refractivity (Wildman–Crippen MR) is 194 cm³/mol. The van der Waals surface area contributed by atoms with Crippen LogP contribution in [0.5, 0.6) is 0 Å². The van der Waals surface area contributed by atoms with Crippen LogP contribution in [0.3, 0.4) is 0 Å². The van der Waals surface area contributed by atoms with Gasteiger partial charge in [0, 0.05) is 26.1 Å². The molecular weight excluding hydrogens is 736 g/mol. The summed E-state index contributed by atoms with van der Waals surface area (Å²) in [6, 6.07) is 4.61. The third kappa shape index (κ3) is 12.4. The van der Waals surface area contributed by atoms with Crippen LogP contribution in [-0.4, -0.2) is 139 Å². The van der Waals surface area contributed by atoms with Gasteiger partial charge in [0.25, 0.3) is 22.6 Å². The van der Waals surface area contributed by atoms with Crippen LogP contribution in [0.15, 0.2) is 33.9 Å². The highest BCUT2D eigenvalue weighted by Gasteiger charge is 2.55. The summed E-state index contributed by atoms with van der Waals surface area (Å²) in [6.45, 7) is 0.0814. The van der Waals surface area contributed by atoms with E-state index in [1.807, 2.05) is 0 Å². The molecule has 298 valence electrons. The minimum Gasteiger partial charge on any atom is -0.477 e. The molecule has 0 aromatic heterocycles. The quantitative estimate of drug-likeness (QED) is 0.0317. The molecule has 0 saturated carbocycles. The van der Waals surface area contributed by atoms with Gasteiger partial charge in [-0.2, -0.15) is 0 Å². The van der Waals surface area contributed by atoms with E-state index in [4.69, 9.17) is 37.0 Å². The van der Waals surface area contributed by atoms with Gasteiger partial charge >= 0.3 is 5.97 Å². The van der Waals surface area contributed by atoms with E-state index in [1.54, 1.807) is 12.1 Å². The molecule has 0 unspecified atom stereocenters. The van der Waals surface area contributed by atoms with Crippen molar-refractivity contribution in [1.82, 2.24) is 10.6 Å². The van der Waals surface area contributed by atoms with Crippen LogP contribution in [0.2, 0.25) is 5.02 Å². The second-order valence-corrected chi connectivity index (χ2v) is 12.7. The monoisotopic (exact) mass is 782 g/mol. The van der Waals surface area contributed by atoms with Crippen LogP contribution >= 0.6 is 11.6 Å². The summed E-state index contributed by atoms with van der Waals surface area (Å²) in [7, 11) is 0. The number of anilines is 2. The maximum Gasteiger partial charge on any atom is 0.364 e.